The highest BCUT2D eigenvalue weighted by Gasteiger charge is 2.36. The molecule has 1 saturated heterocycles. The van der Waals surface area contributed by atoms with E-state index < -0.39 is 10.0 Å². The Kier molecular flexibility index (Phi) is 4.81. The Hall–Kier alpha value is -2.16. The van der Waals surface area contributed by atoms with Gasteiger partial charge in [-0.05, 0) is 31.9 Å². The molecule has 2 aliphatic heterocycles. The maximum Gasteiger partial charge on any atom is 0.275 e. The number of ether oxygens (including phenoxy) is 1. The molecular weight excluding hydrogens is 378 g/mol. The van der Waals surface area contributed by atoms with Gasteiger partial charge in [0.25, 0.3) is 5.91 Å². The second-order valence-electron chi connectivity index (χ2n) is 7.30. The molecule has 0 N–H and O–H groups in total. The van der Waals surface area contributed by atoms with Crippen LogP contribution in [0, 0.1) is 13.8 Å². The summed E-state index contributed by atoms with van der Waals surface area (Å²) in [6.45, 7) is 5.54. The Morgan fingerprint density at radius 3 is 2.46 bits per heavy atom. The number of hydrogen-bond acceptors (Lipinski definition) is 4. The molecule has 2 aliphatic rings. The van der Waals surface area contributed by atoms with Gasteiger partial charge in [-0.1, -0.05) is 18.2 Å². The molecule has 4 rings (SSSR count). The van der Waals surface area contributed by atoms with Crippen molar-refractivity contribution >= 4 is 21.6 Å². The lowest BCUT2D eigenvalue weighted by Gasteiger charge is -2.26. The van der Waals surface area contributed by atoms with E-state index in [1.165, 1.54) is 4.31 Å². The molecule has 0 aliphatic carbocycles. The molecule has 1 amide bonds. The second kappa shape index (κ2) is 7.02. The smallest absolute Gasteiger partial charge is 0.275 e. The molecule has 1 aromatic heterocycles. The van der Waals surface area contributed by atoms with Crippen molar-refractivity contribution in [1.29, 1.82) is 0 Å². The number of rotatable bonds is 3. The van der Waals surface area contributed by atoms with E-state index in [2.05, 4.69) is 0 Å². The fourth-order valence-electron chi connectivity index (χ4n) is 4.23. The Bertz CT molecular complexity index is 1040. The van der Waals surface area contributed by atoms with E-state index in [4.69, 9.17) is 4.74 Å². The van der Waals surface area contributed by atoms with Crippen LogP contribution in [-0.2, 0) is 28.2 Å². The maximum absolute atomic E-state index is 13.4. The van der Waals surface area contributed by atoms with E-state index in [1.807, 2.05) is 24.3 Å². The van der Waals surface area contributed by atoms with Gasteiger partial charge in [0.1, 0.15) is 10.6 Å². The summed E-state index contributed by atoms with van der Waals surface area (Å²) in [6, 6.07) is 7.86. The first-order valence-corrected chi connectivity index (χ1v) is 10.9. The van der Waals surface area contributed by atoms with E-state index in [0.29, 0.717) is 49.8 Å². The lowest BCUT2D eigenvalue weighted by molar-refractivity contribution is 0.0730. The van der Waals surface area contributed by atoms with Crippen molar-refractivity contribution < 1.29 is 17.9 Å². The molecule has 1 fully saturated rings. The zero-order valence-corrected chi connectivity index (χ0v) is 17.3. The van der Waals surface area contributed by atoms with Crippen LogP contribution in [-0.4, -0.2) is 56.0 Å². The number of fused-ring (bicyclic) bond motifs is 1. The molecule has 0 unspecified atom stereocenters. The molecule has 150 valence electrons. The van der Waals surface area contributed by atoms with Gasteiger partial charge in [0, 0.05) is 43.6 Å². The number of sulfonamides is 1. The number of nitrogens with zero attached hydrogens (tertiary/aromatic N) is 3. The van der Waals surface area contributed by atoms with Gasteiger partial charge in [0.05, 0.1) is 13.2 Å². The van der Waals surface area contributed by atoms with Crippen molar-refractivity contribution in [1.82, 2.24) is 8.87 Å². The van der Waals surface area contributed by atoms with Gasteiger partial charge in [-0.3, -0.25) is 4.79 Å². The van der Waals surface area contributed by atoms with Gasteiger partial charge in [0.15, 0.2) is 0 Å². The Balaban J connectivity index is 1.76. The largest absolute Gasteiger partial charge is 0.379 e. The minimum atomic E-state index is -3.68. The zero-order chi connectivity index (χ0) is 20.1. The number of para-hydroxylation sites is 1. The Morgan fingerprint density at radius 2 is 1.75 bits per heavy atom. The predicted octanol–water partition coefficient (Wildman–Crippen LogP) is 1.87. The number of carbonyl (C=O) groups excluding carboxylic acids is 1. The fourth-order valence-corrected chi connectivity index (χ4v) is 6.11. The minimum absolute atomic E-state index is 0.156. The fraction of sp³-hybridized carbons (Fsp3) is 0.450. The molecule has 0 atom stereocenters. The number of amides is 1. The molecule has 2 aromatic rings. The van der Waals surface area contributed by atoms with Gasteiger partial charge in [-0.2, -0.15) is 4.31 Å². The summed E-state index contributed by atoms with van der Waals surface area (Å²) in [6.07, 6.45) is 0.809. The number of benzene rings is 1. The average Bonchev–Trinajstić information content (AvgIpc) is 3.21. The second-order valence-corrected chi connectivity index (χ2v) is 9.17. The van der Waals surface area contributed by atoms with Gasteiger partial charge >= 0.3 is 0 Å². The molecule has 0 spiro atoms. The summed E-state index contributed by atoms with van der Waals surface area (Å²) < 4.78 is 35.0. The monoisotopic (exact) mass is 403 g/mol. The normalized spacial score (nSPS) is 17.8. The van der Waals surface area contributed by atoms with Crippen molar-refractivity contribution in [2.24, 2.45) is 7.05 Å². The molecule has 7 nitrogen and oxygen atoms in total. The van der Waals surface area contributed by atoms with Crippen LogP contribution in [0.3, 0.4) is 0 Å². The molecule has 1 aromatic carbocycles. The first-order valence-electron chi connectivity index (χ1n) is 9.47. The van der Waals surface area contributed by atoms with Crippen LogP contribution >= 0.6 is 0 Å². The van der Waals surface area contributed by atoms with Crippen molar-refractivity contribution in [3.05, 3.63) is 46.8 Å². The third kappa shape index (κ3) is 2.87. The van der Waals surface area contributed by atoms with Crippen LogP contribution in [0.4, 0.5) is 5.69 Å². The molecule has 0 saturated carbocycles. The highest BCUT2D eigenvalue weighted by Crippen LogP contribution is 2.33. The highest BCUT2D eigenvalue weighted by molar-refractivity contribution is 7.89. The zero-order valence-electron chi connectivity index (χ0n) is 16.4. The lowest BCUT2D eigenvalue weighted by atomic mass is 10.2. The van der Waals surface area contributed by atoms with E-state index in [1.54, 1.807) is 30.4 Å². The lowest BCUT2D eigenvalue weighted by Crippen LogP contribution is -2.41. The van der Waals surface area contributed by atoms with E-state index in [0.717, 1.165) is 17.7 Å². The summed E-state index contributed by atoms with van der Waals surface area (Å²) in [4.78, 5) is 15.4. The summed E-state index contributed by atoms with van der Waals surface area (Å²) in [5.41, 5.74) is 3.57. The number of morpholine rings is 1. The SMILES string of the molecule is Cc1c(S(=O)(=O)N2CCOCC2)c(C)n(C)c1C(=O)N1CCc2ccccc21. The number of aromatic nitrogens is 1. The molecule has 0 radical (unpaired) electrons. The molecule has 8 heteroatoms. The standard InChI is InChI=1S/C20H25N3O4S/c1-14-18(20(24)23-9-8-16-6-4-5-7-17(16)23)21(3)15(2)19(14)28(25,26)22-10-12-27-13-11-22/h4-7H,8-13H2,1-3H3. The van der Waals surface area contributed by atoms with Crippen molar-refractivity contribution in [3.8, 4) is 0 Å². The first-order chi connectivity index (χ1) is 13.3. The van der Waals surface area contributed by atoms with Crippen molar-refractivity contribution in [2.75, 3.05) is 37.7 Å². The van der Waals surface area contributed by atoms with Crippen LogP contribution < -0.4 is 4.90 Å². The molecule has 3 heterocycles. The van der Waals surface area contributed by atoms with Crippen LogP contribution in [0.2, 0.25) is 0 Å². The number of anilines is 1. The van der Waals surface area contributed by atoms with Gasteiger partial charge in [-0.25, -0.2) is 8.42 Å². The van der Waals surface area contributed by atoms with Gasteiger partial charge in [-0.15, -0.1) is 0 Å². The minimum Gasteiger partial charge on any atom is -0.379 e. The average molecular weight is 404 g/mol. The van der Waals surface area contributed by atoms with E-state index >= 15 is 0 Å². The van der Waals surface area contributed by atoms with Crippen molar-refractivity contribution in [3.63, 3.8) is 0 Å². The van der Waals surface area contributed by atoms with Gasteiger partial charge < -0.3 is 14.2 Å². The predicted molar refractivity (Wildman–Crippen MR) is 106 cm³/mol. The summed E-state index contributed by atoms with van der Waals surface area (Å²) >= 11 is 0. The maximum atomic E-state index is 13.4. The summed E-state index contributed by atoms with van der Waals surface area (Å²) in [7, 11) is -1.92. The molecular formula is C20H25N3O4S. The molecule has 28 heavy (non-hydrogen) atoms. The number of hydrogen-bond donors (Lipinski definition) is 0. The van der Waals surface area contributed by atoms with Crippen molar-refractivity contribution in [2.45, 2.75) is 25.2 Å². The quantitative estimate of drug-likeness (QED) is 0.784. The Morgan fingerprint density at radius 1 is 1.07 bits per heavy atom. The first kappa shape index (κ1) is 19.2. The van der Waals surface area contributed by atoms with Crippen LogP contribution in [0.15, 0.2) is 29.2 Å². The summed E-state index contributed by atoms with van der Waals surface area (Å²) in [5, 5.41) is 0. The number of carbonyl (C=O) groups is 1. The summed E-state index contributed by atoms with van der Waals surface area (Å²) in [5.74, 6) is -0.156. The highest BCUT2D eigenvalue weighted by atomic mass is 32.2. The van der Waals surface area contributed by atoms with Crippen LogP contribution in [0.1, 0.15) is 27.3 Å². The Labute approximate surface area is 165 Å². The third-order valence-electron chi connectivity index (χ3n) is 5.77. The molecule has 0 bridgehead atoms. The van der Waals surface area contributed by atoms with Gasteiger partial charge in [0.2, 0.25) is 10.0 Å². The third-order valence-corrected chi connectivity index (χ3v) is 7.93. The van der Waals surface area contributed by atoms with Crippen LogP contribution in [0.25, 0.3) is 0 Å². The van der Waals surface area contributed by atoms with Crippen LogP contribution in [0.5, 0.6) is 0 Å². The van der Waals surface area contributed by atoms with E-state index in [-0.39, 0.29) is 10.8 Å². The van der Waals surface area contributed by atoms with E-state index in [9.17, 15) is 13.2 Å². The topological polar surface area (TPSA) is 71.8 Å².